The van der Waals surface area contributed by atoms with Gasteiger partial charge in [0.15, 0.2) is 6.29 Å². The lowest BCUT2D eigenvalue weighted by Gasteiger charge is -2.46. The Morgan fingerprint density at radius 3 is 2.33 bits per heavy atom. The van der Waals surface area contributed by atoms with Crippen LogP contribution in [0.3, 0.4) is 0 Å². The van der Waals surface area contributed by atoms with Crippen molar-refractivity contribution in [2.24, 2.45) is 0 Å². The molecule has 2 atom stereocenters. The fourth-order valence-corrected chi connectivity index (χ4v) is 6.15. The van der Waals surface area contributed by atoms with Crippen molar-refractivity contribution >= 4 is 11.3 Å². The fraction of sp³-hybridized carbons (Fsp3) is 0.429. The number of rotatable bonds is 5. The number of benzene rings is 2. The minimum atomic E-state index is -0.604. The van der Waals surface area contributed by atoms with Gasteiger partial charge in [-0.15, -0.1) is 11.3 Å². The van der Waals surface area contributed by atoms with E-state index in [0.717, 1.165) is 49.3 Å². The first-order valence-electron chi connectivity index (χ1n) is 12.0. The smallest absolute Gasteiger partial charge is 0.163 e. The molecule has 176 valence electrons. The molecule has 1 N–H and O–H groups in total. The second kappa shape index (κ2) is 10.9. The highest BCUT2D eigenvalue weighted by atomic mass is 32.1. The zero-order valence-electron chi connectivity index (χ0n) is 19.9. The van der Waals surface area contributed by atoms with Crippen LogP contribution in [-0.4, -0.2) is 36.5 Å². The maximum Gasteiger partial charge on any atom is 0.163 e. The average molecular weight is 466 g/mol. The third-order valence-electron chi connectivity index (χ3n) is 6.59. The third kappa shape index (κ3) is 5.23. The number of hydrogen-bond donors (Lipinski definition) is 1. The summed E-state index contributed by atoms with van der Waals surface area (Å²) in [6.45, 7) is 6.94. The van der Waals surface area contributed by atoms with Crippen LogP contribution in [-0.2, 0) is 28.0 Å². The van der Waals surface area contributed by atoms with E-state index in [9.17, 15) is 5.11 Å². The van der Waals surface area contributed by atoms with Crippen LogP contribution in [0, 0.1) is 0 Å². The highest BCUT2D eigenvalue weighted by Crippen LogP contribution is 2.48. The molecule has 2 aliphatic rings. The van der Waals surface area contributed by atoms with Crippen LogP contribution in [0.1, 0.15) is 59.2 Å². The van der Waals surface area contributed by atoms with Crippen molar-refractivity contribution in [1.29, 1.82) is 0 Å². The van der Waals surface area contributed by atoms with Crippen LogP contribution in [0.4, 0.5) is 0 Å². The Hall–Kier alpha value is -2.02. The van der Waals surface area contributed by atoms with Gasteiger partial charge in [-0.2, -0.15) is 0 Å². The molecule has 1 saturated heterocycles. The van der Waals surface area contributed by atoms with Gasteiger partial charge in [0.25, 0.3) is 0 Å². The van der Waals surface area contributed by atoms with Gasteiger partial charge in [0.1, 0.15) is 6.10 Å². The normalized spacial score (nSPS) is 20.5. The van der Waals surface area contributed by atoms with Crippen LogP contribution >= 0.6 is 11.3 Å². The van der Waals surface area contributed by atoms with E-state index in [2.05, 4.69) is 41.3 Å². The molecule has 0 aliphatic carbocycles. The number of likely N-dealkylation sites (tertiary alicyclic amines) is 1. The second-order valence-corrected chi connectivity index (χ2v) is 9.71. The zero-order valence-corrected chi connectivity index (χ0v) is 20.7. The van der Waals surface area contributed by atoms with Gasteiger partial charge >= 0.3 is 0 Å². The summed E-state index contributed by atoms with van der Waals surface area (Å²) in [6.07, 6.45) is 1.78. The van der Waals surface area contributed by atoms with Gasteiger partial charge in [-0.1, -0.05) is 74.5 Å². The Morgan fingerprint density at radius 1 is 1.06 bits per heavy atom. The van der Waals surface area contributed by atoms with Crippen LogP contribution in [0.15, 0.2) is 66.7 Å². The predicted molar refractivity (Wildman–Crippen MR) is 134 cm³/mol. The van der Waals surface area contributed by atoms with E-state index in [4.69, 9.17) is 9.47 Å². The molecule has 4 nitrogen and oxygen atoms in total. The van der Waals surface area contributed by atoms with E-state index in [0.29, 0.717) is 0 Å². The number of piperidine rings is 1. The van der Waals surface area contributed by atoms with E-state index < -0.39 is 6.10 Å². The van der Waals surface area contributed by atoms with E-state index in [-0.39, 0.29) is 11.9 Å². The summed E-state index contributed by atoms with van der Waals surface area (Å²) in [5.74, 6) is 0. The third-order valence-corrected chi connectivity index (χ3v) is 7.80. The summed E-state index contributed by atoms with van der Waals surface area (Å²) in [7, 11) is 1.72. The zero-order chi connectivity index (χ0) is 23.3. The summed E-state index contributed by atoms with van der Waals surface area (Å²) < 4.78 is 12.2. The first-order chi connectivity index (χ1) is 16.2. The van der Waals surface area contributed by atoms with Crippen LogP contribution in [0.2, 0.25) is 0 Å². The summed E-state index contributed by atoms with van der Waals surface area (Å²) in [4.78, 5) is 4.79. The minimum Gasteiger partial charge on any atom is -0.383 e. The molecule has 0 amide bonds. The SMILES string of the molecule is CC.COC1Cc2sc(C(O)c3ccccc3)cc2C2(CCN(Cc3ccccc3)CC2)O1. The van der Waals surface area contributed by atoms with Gasteiger partial charge < -0.3 is 14.6 Å². The van der Waals surface area contributed by atoms with E-state index in [1.165, 1.54) is 16.0 Å². The number of aliphatic hydroxyl groups excluding tert-OH is 1. The van der Waals surface area contributed by atoms with Crippen molar-refractivity contribution in [3.8, 4) is 0 Å². The number of nitrogens with zero attached hydrogens (tertiary/aromatic N) is 1. The van der Waals surface area contributed by atoms with Crippen molar-refractivity contribution in [2.75, 3.05) is 20.2 Å². The number of aliphatic hydroxyl groups is 1. The van der Waals surface area contributed by atoms with Gasteiger partial charge in [-0.3, -0.25) is 4.90 Å². The van der Waals surface area contributed by atoms with Crippen molar-refractivity contribution in [3.63, 3.8) is 0 Å². The van der Waals surface area contributed by atoms with E-state index in [1.54, 1.807) is 18.4 Å². The second-order valence-electron chi connectivity index (χ2n) is 8.54. The molecule has 1 spiro atoms. The lowest BCUT2D eigenvalue weighted by Crippen LogP contribution is -2.48. The van der Waals surface area contributed by atoms with Gasteiger partial charge in [0.2, 0.25) is 0 Å². The number of ether oxygens (including phenoxy) is 2. The molecular weight excluding hydrogens is 430 g/mol. The Balaban J connectivity index is 0.00000126. The highest BCUT2D eigenvalue weighted by molar-refractivity contribution is 7.12. The topological polar surface area (TPSA) is 41.9 Å². The maximum atomic E-state index is 11.0. The molecule has 2 aromatic carbocycles. The molecule has 0 saturated carbocycles. The monoisotopic (exact) mass is 465 g/mol. The van der Waals surface area contributed by atoms with Crippen molar-refractivity contribution < 1.29 is 14.6 Å². The lowest BCUT2D eigenvalue weighted by molar-refractivity contribution is -0.226. The number of thiophene rings is 1. The Kier molecular flexibility index (Phi) is 7.99. The average Bonchev–Trinajstić information content (AvgIpc) is 3.32. The molecule has 1 aromatic heterocycles. The molecule has 33 heavy (non-hydrogen) atoms. The van der Waals surface area contributed by atoms with E-state index >= 15 is 0 Å². The largest absolute Gasteiger partial charge is 0.383 e. The maximum absolute atomic E-state index is 11.0. The first kappa shape index (κ1) is 24.1. The van der Waals surface area contributed by atoms with Gasteiger partial charge in [-0.05, 0) is 35.6 Å². The molecule has 0 radical (unpaired) electrons. The minimum absolute atomic E-state index is 0.228. The molecule has 2 unspecified atom stereocenters. The van der Waals surface area contributed by atoms with Crippen molar-refractivity contribution in [1.82, 2.24) is 4.90 Å². The molecule has 0 bridgehead atoms. The molecule has 3 heterocycles. The fourth-order valence-electron chi connectivity index (χ4n) is 4.86. The molecular formula is C28H35NO3S. The number of methoxy groups -OCH3 is 1. The van der Waals surface area contributed by atoms with E-state index in [1.807, 2.05) is 44.2 Å². The standard InChI is InChI=1S/C26H29NO3S.C2H6/c1-29-24-17-22-21(16-23(31-22)25(28)20-10-6-3-7-11-20)26(30-24)12-14-27(15-13-26)18-19-8-4-2-5-9-19;1-2/h2-11,16,24-25,28H,12-15,17-18H2,1H3;1-2H3. The number of hydrogen-bond acceptors (Lipinski definition) is 5. The Bertz CT molecular complexity index is 996. The van der Waals surface area contributed by atoms with Crippen LogP contribution in [0.25, 0.3) is 0 Å². The first-order valence-corrected chi connectivity index (χ1v) is 12.8. The lowest BCUT2D eigenvalue weighted by atomic mass is 9.81. The summed E-state index contributed by atoms with van der Waals surface area (Å²) >= 11 is 1.70. The Morgan fingerprint density at radius 2 is 1.70 bits per heavy atom. The van der Waals surface area contributed by atoms with Crippen molar-refractivity contribution in [2.45, 2.75) is 57.6 Å². The number of fused-ring (bicyclic) bond motifs is 2. The van der Waals surface area contributed by atoms with Gasteiger partial charge in [0, 0.05) is 42.9 Å². The van der Waals surface area contributed by atoms with Crippen LogP contribution in [0.5, 0.6) is 0 Å². The predicted octanol–water partition coefficient (Wildman–Crippen LogP) is 5.89. The molecule has 5 heteroatoms. The summed E-state index contributed by atoms with van der Waals surface area (Å²) in [5.41, 5.74) is 3.21. The summed E-state index contributed by atoms with van der Waals surface area (Å²) in [6, 6.07) is 22.7. The molecule has 3 aromatic rings. The highest BCUT2D eigenvalue weighted by Gasteiger charge is 2.45. The molecule has 1 fully saturated rings. The molecule has 5 rings (SSSR count). The molecule has 2 aliphatic heterocycles. The van der Waals surface area contributed by atoms with Crippen LogP contribution < -0.4 is 0 Å². The van der Waals surface area contributed by atoms with Crippen molar-refractivity contribution in [3.05, 3.63) is 93.2 Å². The summed E-state index contributed by atoms with van der Waals surface area (Å²) in [5, 5.41) is 11.0. The quantitative estimate of drug-likeness (QED) is 0.510. The van der Waals surface area contributed by atoms with Gasteiger partial charge in [-0.25, -0.2) is 0 Å². The van der Waals surface area contributed by atoms with Gasteiger partial charge in [0.05, 0.1) is 5.60 Å². The Labute approximate surface area is 201 Å².